The highest BCUT2D eigenvalue weighted by atomic mass is 19.1. The highest BCUT2D eigenvalue weighted by Gasteiger charge is 1.94. The third-order valence-corrected chi connectivity index (χ3v) is 2.43. The van der Waals surface area contributed by atoms with E-state index in [2.05, 4.69) is 17.4 Å². The van der Waals surface area contributed by atoms with Crippen LogP contribution in [0.5, 0.6) is 0 Å². The molecule has 0 aliphatic heterocycles. The number of benzene rings is 2. The second kappa shape index (κ2) is 5.31. The molecule has 1 nitrogen and oxygen atoms in total. The standard InChI is InChI=1S/C14H14FN/c15-13-6-8-14(9-7-13)16-11-10-12-4-2-1-3-5-12/h1-9,16H,10-11H2. The average Bonchev–Trinajstić information content (AvgIpc) is 2.33. The summed E-state index contributed by atoms with van der Waals surface area (Å²) in [6, 6.07) is 16.7. The van der Waals surface area contributed by atoms with Crippen molar-refractivity contribution in [3.63, 3.8) is 0 Å². The van der Waals surface area contributed by atoms with Crippen LogP contribution in [0.1, 0.15) is 5.56 Å². The molecule has 1 N–H and O–H groups in total. The maximum absolute atomic E-state index is 12.6. The Bertz CT molecular complexity index is 422. The summed E-state index contributed by atoms with van der Waals surface area (Å²) in [5, 5.41) is 3.25. The van der Waals surface area contributed by atoms with Crippen molar-refractivity contribution in [2.75, 3.05) is 11.9 Å². The molecule has 0 saturated carbocycles. The molecule has 0 atom stereocenters. The fourth-order valence-corrected chi connectivity index (χ4v) is 1.56. The molecule has 0 bridgehead atoms. The van der Waals surface area contributed by atoms with Crippen molar-refractivity contribution in [3.8, 4) is 0 Å². The van der Waals surface area contributed by atoms with Crippen molar-refractivity contribution in [1.82, 2.24) is 0 Å². The van der Waals surface area contributed by atoms with Gasteiger partial charge in [-0.25, -0.2) is 4.39 Å². The first-order chi connectivity index (χ1) is 7.84. The molecule has 82 valence electrons. The van der Waals surface area contributed by atoms with Gasteiger partial charge in [-0.15, -0.1) is 0 Å². The lowest BCUT2D eigenvalue weighted by atomic mass is 10.1. The molecule has 0 aliphatic rings. The third-order valence-electron chi connectivity index (χ3n) is 2.43. The predicted octanol–water partition coefficient (Wildman–Crippen LogP) is 3.48. The minimum Gasteiger partial charge on any atom is -0.385 e. The maximum atomic E-state index is 12.6. The van der Waals surface area contributed by atoms with Gasteiger partial charge >= 0.3 is 0 Å². The number of anilines is 1. The molecule has 0 spiro atoms. The molecule has 2 rings (SSSR count). The molecule has 16 heavy (non-hydrogen) atoms. The van der Waals surface area contributed by atoms with E-state index in [0.29, 0.717) is 0 Å². The average molecular weight is 215 g/mol. The molecule has 2 aromatic carbocycles. The van der Waals surface area contributed by atoms with Crippen LogP contribution in [-0.4, -0.2) is 6.54 Å². The number of halogens is 1. The first-order valence-electron chi connectivity index (χ1n) is 5.38. The Labute approximate surface area is 94.9 Å². The summed E-state index contributed by atoms with van der Waals surface area (Å²) in [6.07, 6.45) is 0.970. The predicted molar refractivity (Wildman–Crippen MR) is 65.0 cm³/mol. The Hall–Kier alpha value is -1.83. The van der Waals surface area contributed by atoms with Gasteiger partial charge < -0.3 is 5.32 Å². The number of rotatable bonds is 4. The minimum atomic E-state index is -0.200. The second-order valence-electron chi connectivity index (χ2n) is 3.67. The Morgan fingerprint density at radius 1 is 0.875 bits per heavy atom. The number of hydrogen-bond acceptors (Lipinski definition) is 1. The molecular weight excluding hydrogens is 201 g/mol. The van der Waals surface area contributed by atoms with Crippen molar-refractivity contribution < 1.29 is 4.39 Å². The van der Waals surface area contributed by atoms with Crippen molar-refractivity contribution in [2.45, 2.75) is 6.42 Å². The zero-order valence-corrected chi connectivity index (χ0v) is 8.99. The quantitative estimate of drug-likeness (QED) is 0.823. The SMILES string of the molecule is Fc1ccc(NCCc2ccccc2)cc1. The van der Waals surface area contributed by atoms with E-state index in [1.807, 2.05) is 18.2 Å². The Morgan fingerprint density at radius 3 is 2.25 bits per heavy atom. The first-order valence-corrected chi connectivity index (χ1v) is 5.38. The topological polar surface area (TPSA) is 12.0 Å². The molecule has 0 heterocycles. The molecule has 0 radical (unpaired) electrons. The van der Waals surface area contributed by atoms with Crippen LogP contribution >= 0.6 is 0 Å². The van der Waals surface area contributed by atoms with Crippen LogP contribution in [0.25, 0.3) is 0 Å². The minimum absolute atomic E-state index is 0.200. The van der Waals surface area contributed by atoms with E-state index in [1.165, 1.54) is 17.7 Å². The molecule has 0 unspecified atom stereocenters. The van der Waals surface area contributed by atoms with E-state index in [9.17, 15) is 4.39 Å². The zero-order valence-electron chi connectivity index (χ0n) is 8.99. The van der Waals surface area contributed by atoms with Gasteiger partial charge in [-0.1, -0.05) is 30.3 Å². The van der Waals surface area contributed by atoms with Gasteiger partial charge in [0.15, 0.2) is 0 Å². The van der Waals surface area contributed by atoms with E-state index in [-0.39, 0.29) is 5.82 Å². The van der Waals surface area contributed by atoms with Gasteiger partial charge in [0, 0.05) is 12.2 Å². The second-order valence-corrected chi connectivity index (χ2v) is 3.67. The molecule has 0 aromatic heterocycles. The molecule has 0 fully saturated rings. The monoisotopic (exact) mass is 215 g/mol. The normalized spacial score (nSPS) is 10.1. The number of nitrogens with one attached hydrogen (secondary N) is 1. The molecular formula is C14H14FN. The Morgan fingerprint density at radius 2 is 1.56 bits per heavy atom. The van der Waals surface area contributed by atoms with Crippen LogP contribution in [0.2, 0.25) is 0 Å². The largest absolute Gasteiger partial charge is 0.385 e. The van der Waals surface area contributed by atoms with Crippen LogP contribution in [0.4, 0.5) is 10.1 Å². The van der Waals surface area contributed by atoms with Crippen LogP contribution in [0.3, 0.4) is 0 Å². The van der Waals surface area contributed by atoms with Gasteiger partial charge in [0.2, 0.25) is 0 Å². The van der Waals surface area contributed by atoms with Gasteiger partial charge in [0.25, 0.3) is 0 Å². The van der Waals surface area contributed by atoms with Crippen LogP contribution in [0, 0.1) is 5.82 Å². The van der Waals surface area contributed by atoms with E-state index in [0.717, 1.165) is 18.7 Å². The molecule has 2 aromatic rings. The molecule has 0 amide bonds. The first kappa shape index (κ1) is 10.7. The lowest BCUT2D eigenvalue weighted by Gasteiger charge is -2.06. The maximum Gasteiger partial charge on any atom is 0.123 e. The summed E-state index contributed by atoms with van der Waals surface area (Å²) in [5.74, 6) is -0.200. The third kappa shape index (κ3) is 3.09. The highest BCUT2D eigenvalue weighted by Crippen LogP contribution is 2.08. The lowest BCUT2D eigenvalue weighted by Crippen LogP contribution is -2.04. The molecule has 0 saturated heterocycles. The van der Waals surface area contributed by atoms with Crippen molar-refractivity contribution in [1.29, 1.82) is 0 Å². The fraction of sp³-hybridized carbons (Fsp3) is 0.143. The van der Waals surface area contributed by atoms with E-state index in [4.69, 9.17) is 0 Å². The van der Waals surface area contributed by atoms with Crippen LogP contribution < -0.4 is 5.32 Å². The molecule has 2 heteroatoms. The fourth-order valence-electron chi connectivity index (χ4n) is 1.56. The van der Waals surface area contributed by atoms with Gasteiger partial charge in [0.1, 0.15) is 5.82 Å². The van der Waals surface area contributed by atoms with Crippen molar-refractivity contribution >= 4 is 5.69 Å². The highest BCUT2D eigenvalue weighted by molar-refractivity contribution is 5.42. The van der Waals surface area contributed by atoms with Crippen molar-refractivity contribution in [3.05, 3.63) is 66.0 Å². The van der Waals surface area contributed by atoms with Gasteiger partial charge in [-0.05, 0) is 36.2 Å². The Balaban J connectivity index is 1.82. The van der Waals surface area contributed by atoms with Crippen LogP contribution in [0.15, 0.2) is 54.6 Å². The smallest absolute Gasteiger partial charge is 0.123 e. The van der Waals surface area contributed by atoms with Gasteiger partial charge in [-0.3, -0.25) is 0 Å². The lowest BCUT2D eigenvalue weighted by molar-refractivity contribution is 0.628. The molecule has 0 aliphatic carbocycles. The Kier molecular flexibility index (Phi) is 3.54. The number of hydrogen-bond donors (Lipinski definition) is 1. The zero-order chi connectivity index (χ0) is 11.2. The van der Waals surface area contributed by atoms with Crippen molar-refractivity contribution in [2.24, 2.45) is 0 Å². The van der Waals surface area contributed by atoms with Gasteiger partial charge in [-0.2, -0.15) is 0 Å². The summed E-state index contributed by atoms with van der Waals surface area (Å²) in [6.45, 7) is 0.857. The van der Waals surface area contributed by atoms with E-state index >= 15 is 0 Å². The summed E-state index contributed by atoms with van der Waals surface area (Å²) in [5.41, 5.74) is 2.26. The van der Waals surface area contributed by atoms with E-state index < -0.39 is 0 Å². The summed E-state index contributed by atoms with van der Waals surface area (Å²) in [4.78, 5) is 0. The summed E-state index contributed by atoms with van der Waals surface area (Å²) in [7, 11) is 0. The summed E-state index contributed by atoms with van der Waals surface area (Å²) < 4.78 is 12.6. The van der Waals surface area contributed by atoms with Gasteiger partial charge in [0.05, 0.1) is 0 Å². The van der Waals surface area contributed by atoms with E-state index in [1.54, 1.807) is 12.1 Å². The summed E-state index contributed by atoms with van der Waals surface area (Å²) >= 11 is 0. The van der Waals surface area contributed by atoms with Crippen LogP contribution in [-0.2, 0) is 6.42 Å².